The van der Waals surface area contributed by atoms with Crippen LogP contribution in [0, 0.1) is 0 Å². The summed E-state index contributed by atoms with van der Waals surface area (Å²) in [6.07, 6.45) is 1.29. The SMILES string of the molecule is CC(=O)Nc1ccc(Nc2cc(C(=O)O)c(N)cn2)cc1. The molecule has 0 saturated heterocycles. The number of nitrogens with zero attached hydrogens (tertiary/aromatic N) is 1. The third-order valence-corrected chi connectivity index (χ3v) is 2.64. The third kappa shape index (κ3) is 3.69. The van der Waals surface area contributed by atoms with Gasteiger partial charge in [0.1, 0.15) is 5.82 Å². The fourth-order valence-electron chi connectivity index (χ4n) is 1.71. The Bertz CT molecular complexity index is 683. The fraction of sp³-hybridized carbons (Fsp3) is 0.0714. The van der Waals surface area contributed by atoms with Gasteiger partial charge in [-0.15, -0.1) is 0 Å². The Balaban J connectivity index is 2.16. The lowest BCUT2D eigenvalue weighted by atomic mass is 10.2. The minimum absolute atomic E-state index is 0.0117. The highest BCUT2D eigenvalue weighted by molar-refractivity contribution is 5.94. The molecule has 1 heterocycles. The van der Waals surface area contributed by atoms with E-state index in [0.29, 0.717) is 17.2 Å². The topological polar surface area (TPSA) is 117 Å². The van der Waals surface area contributed by atoms with Crippen molar-refractivity contribution in [1.82, 2.24) is 4.98 Å². The molecule has 0 bridgehead atoms. The average Bonchev–Trinajstić information content (AvgIpc) is 2.42. The van der Waals surface area contributed by atoms with Crippen molar-refractivity contribution in [3.63, 3.8) is 0 Å². The van der Waals surface area contributed by atoms with Crippen LogP contribution in [0.5, 0.6) is 0 Å². The number of aromatic carboxylic acids is 1. The summed E-state index contributed by atoms with van der Waals surface area (Å²) in [4.78, 5) is 25.9. The van der Waals surface area contributed by atoms with Crippen LogP contribution >= 0.6 is 0 Å². The van der Waals surface area contributed by atoms with Crippen LogP contribution in [0.1, 0.15) is 17.3 Å². The molecule has 7 nitrogen and oxygen atoms in total. The number of aromatic nitrogens is 1. The van der Waals surface area contributed by atoms with Crippen molar-refractivity contribution in [2.24, 2.45) is 0 Å². The van der Waals surface area contributed by atoms with Gasteiger partial charge in [0, 0.05) is 18.3 Å². The lowest BCUT2D eigenvalue weighted by Crippen LogP contribution is -2.06. The fourth-order valence-corrected chi connectivity index (χ4v) is 1.71. The van der Waals surface area contributed by atoms with E-state index in [1.807, 2.05) is 0 Å². The molecule has 21 heavy (non-hydrogen) atoms. The Morgan fingerprint density at radius 1 is 1.19 bits per heavy atom. The molecule has 5 N–H and O–H groups in total. The first-order valence-electron chi connectivity index (χ1n) is 6.09. The maximum atomic E-state index is 11.0. The van der Waals surface area contributed by atoms with Crippen molar-refractivity contribution in [3.05, 3.63) is 42.1 Å². The number of nitrogens with one attached hydrogen (secondary N) is 2. The van der Waals surface area contributed by atoms with Gasteiger partial charge >= 0.3 is 5.97 Å². The quantitative estimate of drug-likeness (QED) is 0.683. The Morgan fingerprint density at radius 3 is 2.38 bits per heavy atom. The highest BCUT2D eigenvalue weighted by Crippen LogP contribution is 2.20. The van der Waals surface area contributed by atoms with Crippen LogP contribution in [0.4, 0.5) is 22.9 Å². The number of carboxylic acids is 1. The molecule has 1 aromatic carbocycles. The zero-order chi connectivity index (χ0) is 15.4. The smallest absolute Gasteiger partial charge is 0.337 e. The highest BCUT2D eigenvalue weighted by Gasteiger charge is 2.09. The van der Waals surface area contributed by atoms with Crippen LogP contribution in [0.15, 0.2) is 36.5 Å². The molecule has 7 heteroatoms. The summed E-state index contributed by atoms with van der Waals surface area (Å²) < 4.78 is 0. The maximum Gasteiger partial charge on any atom is 0.337 e. The molecule has 108 valence electrons. The molecule has 0 radical (unpaired) electrons. The van der Waals surface area contributed by atoms with Crippen LogP contribution in [0.3, 0.4) is 0 Å². The number of hydrogen-bond donors (Lipinski definition) is 4. The minimum Gasteiger partial charge on any atom is -0.478 e. The zero-order valence-corrected chi connectivity index (χ0v) is 11.3. The van der Waals surface area contributed by atoms with Gasteiger partial charge in [-0.05, 0) is 30.3 Å². The van der Waals surface area contributed by atoms with Crippen molar-refractivity contribution in [3.8, 4) is 0 Å². The second-order valence-corrected chi connectivity index (χ2v) is 4.35. The lowest BCUT2D eigenvalue weighted by molar-refractivity contribution is -0.114. The number of benzene rings is 1. The molecular formula is C14H14N4O3. The van der Waals surface area contributed by atoms with E-state index in [4.69, 9.17) is 10.8 Å². The number of carboxylic acid groups (broad SMARTS) is 1. The number of carbonyl (C=O) groups is 2. The summed E-state index contributed by atoms with van der Waals surface area (Å²) in [5.74, 6) is -0.894. The molecule has 0 spiro atoms. The van der Waals surface area contributed by atoms with Gasteiger partial charge in [-0.2, -0.15) is 0 Å². The van der Waals surface area contributed by atoms with Gasteiger partial charge in [0.05, 0.1) is 17.4 Å². The molecule has 0 aliphatic carbocycles. The summed E-state index contributed by atoms with van der Waals surface area (Å²) in [7, 11) is 0. The highest BCUT2D eigenvalue weighted by atomic mass is 16.4. The second-order valence-electron chi connectivity index (χ2n) is 4.35. The van der Waals surface area contributed by atoms with E-state index in [0.717, 1.165) is 0 Å². The van der Waals surface area contributed by atoms with E-state index in [-0.39, 0.29) is 17.2 Å². The summed E-state index contributed by atoms with van der Waals surface area (Å²) >= 11 is 0. The van der Waals surface area contributed by atoms with Gasteiger partial charge in [-0.3, -0.25) is 4.79 Å². The first-order chi connectivity index (χ1) is 9.95. The number of pyridine rings is 1. The van der Waals surface area contributed by atoms with Crippen LogP contribution < -0.4 is 16.4 Å². The summed E-state index contributed by atoms with van der Waals surface area (Å²) in [5.41, 5.74) is 7.01. The molecule has 0 aliphatic heterocycles. The number of nitrogens with two attached hydrogens (primary N) is 1. The minimum atomic E-state index is -1.11. The van der Waals surface area contributed by atoms with Gasteiger partial charge in [0.2, 0.25) is 5.91 Å². The largest absolute Gasteiger partial charge is 0.478 e. The normalized spacial score (nSPS) is 9.95. The number of hydrogen-bond acceptors (Lipinski definition) is 5. The molecule has 0 aliphatic rings. The van der Waals surface area contributed by atoms with Gasteiger partial charge in [0.25, 0.3) is 0 Å². The molecule has 0 saturated carbocycles. The lowest BCUT2D eigenvalue weighted by Gasteiger charge is -2.08. The van der Waals surface area contributed by atoms with E-state index < -0.39 is 5.97 Å². The molecule has 2 rings (SSSR count). The summed E-state index contributed by atoms with van der Waals surface area (Å²) in [5, 5.41) is 14.6. The number of nitrogen functional groups attached to an aromatic ring is 1. The van der Waals surface area contributed by atoms with Crippen LogP contribution in [0.2, 0.25) is 0 Å². The van der Waals surface area contributed by atoms with E-state index in [1.165, 1.54) is 19.2 Å². The van der Waals surface area contributed by atoms with Gasteiger partial charge in [-0.25, -0.2) is 9.78 Å². The van der Waals surface area contributed by atoms with Gasteiger partial charge < -0.3 is 21.5 Å². The van der Waals surface area contributed by atoms with Gasteiger partial charge in [0.15, 0.2) is 0 Å². The Labute approximate surface area is 120 Å². The van der Waals surface area contributed by atoms with Crippen molar-refractivity contribution in [2.75, 3.05) is 16.4 Å². The molecule has 2 aromatic rings. The van der Waals surface area contributed by atoms with Crippen molar-refractivity contribution in [1.29, 1.82) is 0 Å². The number of rotatable bonds is 4. The van der Waals surface area contributed by atoms with Crippen molar-refractivity contribution < 1.29 is 14.7 Å². The van der Waals surface area contributed by atoms with E-state index >= 15 is 0 Å². The predicted molar refractivity (Wildman–Crippen MR) is 79.6 cm³/mol. The molecule has 0 unspecified atom stereocenters. The Morgan fingerprint density at radius 2 is 1.81 bits per heavy atom. The molecule has 0 fully saturated rings. The predicted octanol–water partition coefficient (Wildman–Crippen LogP) is 2.06. The third-order valence-electron chi connectivity index (χ3n) is 2.64. The van der Waals surface area contributed by atoms with Crippen LogP contribution in [-0.2, 0) is 4.79 Å². The standard InChI is InChI=1S/C14H14N4O3/c1-8(19)17-9-2-4-10(5-3-9)18-13-6-11(14(20)21)12(15)7-16-13/h2-7H,15H2,1H3,(H,16,18)(H,17,19)(H,20,21). The van der Waals surface area contributed by atoms with E-state index in [9.17, 15) is 9.59 Å². The number of anilines is 4. The first-order valence-corrected chi connectivity index (χ1v) is 6.09. The summed E-state index contributed by atoms with van der Waals surface area (Å²) in [6, 6.07) is 8.28. The monoisotopic (exact) mass is 286 g/mol. The molecule has 0 atom stereocenters. The molecule has 1 aromatic heterocycles. The van der Waals surface area contributed by atoms with Crippen molar-refractivity contribution in [2.45, 2.75) is 6.92 Å². The van der Waals surface area contributed by atoms with Gasteiger partial charge in [-0.1, -0.05) is 0 Å². The first kappa shape index (κ1) is 14.3. The number of amides is 1. The maximum absolute atomic E-state index is 11.0. The summed E-state index contributed by atoms with van der Waals surface area (Å²) in [6.45, 7) is 1.43. The zero-order valence-electron chi connectivity index (χ0n) is 11.3. The Hall–Kier alpha value is -3.09. The van der Waals surface area contributed by atoms with Crippen molar-refractivity contribution >= 4 is 34.8 Å². The Kier molecular flexibility index (Phi) is 4.03. The van der Waals surface area contributed by atoms with Crippen LogP contribution in [0.25, 0.3) is 0 Å². The van der Waals surface area contributed by atoms with E-state index in [2.05, 4.69) is 15.6 Å². The molecule has 1 amide bonds. The number of carbonyl (C=O) groups excluding carboxylic acids is 1. The van der Waals surface area contributed by atoms with Crippen LogP contribution in [-0.4, -0.2) is 22.0 Å². The average molecular weight is 286 g/mol. The van der Waals surface area contributed by atoms with E-state index in [1.54, 1.807) is 24.3 Å². The molecular weight excluding hydrogens is 272 g/mol. The second kappa shape index (κ2) is 5.91.